The van der Waals surface area contributed by atoms with E-state index in [1.54, 1.807) is 0 Å². The fraction of sp³-hybridized carbons (Fsp3) is 0.267. The van der Waals surface area contributed by atoms with E-state index in [0.717, 1.165) is 24.5 Å². The van der Waals surface area contributed by atoms with Crippen molar-refractivity contribution >= 4 is 5.82 Å². The second kappa shape index (κ2) is 6.17. The van der Waals surface area contributed by atoms with E-state index >= 15 is 0 Å². The number of hydrogen-bond acceptors (Lipinski definition) is 3. The highest BCUT2D eigenvalue weighted by atomic mass is 15.0. The zero-order chi connectivity index (χ0) is 12.8. The molecule has 18 heavy (non-hydrogen) atoms. The lowest BCUT2D eigenvalue weighted by Gasteiger charge is -2.12. The molecule has 3 nitrogen and oxygen atoms in total. The predicted molar refractivity (Wildman–Crippen MR) is 75.5 cm³/mol. The van der Waals surface area contributed by atoms with E-state index in [0.29, 0.717) is 0 Å². The molecule has 0 amide bonds. The van der Waals surface area contributed by atoms with Gasteiger partial charge in [0.1, 0.15) is 5.82 Å². The summed E-state index contributed by atoms with van der Waals surface area (Å²) in [6, 6.07) is 16.2. The van der Waals surface area contributed by atoms with Crippen molar-refractivity contribution in [1.82, 2.24) is 4.98 Å². The van der Waals surface area contributed by atoms with Gasteiger partial charge in [-0.2, -0.15) is 0 Å². The molecule has 1 heterocycles. The summed E-state index contributed by atoms with van der Waals surface area (Å²) in [6.07, 6.45) is 0.889. The van der Waals surface area contributed by atoms with Crippen LogP contribution < -0.4 is 11.1 Å². The molecular weight excluding hydrogens is 222 g/mol. The van der Waals surface area contributed by atoms with Gasteiger partial charge in [0.2, 0.25) is 0 Å². The highest BCUT2D eigenvalue weighted by Crippen LogP contribution is 2.13. The minimum atomic E-state index is 0.0727. The maximum Gasteiger partial charge on any atom is 0.126 e. The summed E-state index contributed by atoms with van der Waals surface area (Å²) in [6.45, 7) is 2.81. The van der Waals surface area contributed by atoms with E-state index in [1.165, 1.54) is 5.56 Å². The average molecular weight is 241 g/mol. The number of hydrogen-bond donors (Lipinski definition) is 2. The van der Waals surface area contributed by atoms with Crippen molar-refractivity contribution < 1.29 is 0 Å². The third-order valence-electron chi connectivity index (χ3n) is 2.88. The van der Waals surface area contributed by atoms with Gasteiger partial charge < -0.3 is 11.1 Å². The molecule has 0 spiro atoms. The zero-order valence-corrected chi connectivity index (χ0v) is 10.6. The van der Waals surface area contributed by atoms with E-state index in [2.05, 4.69) is 22.4 Å². The Morgan fingerprint density at radius 3 is 2.61 bits per heavy atom. The molecule has 2 aromatic rings. The molecule has 1 unspecified atom stereocenters. The van der Waals surface area contributed by atoms with E-state index in [1.807, 2.05) is 43.3 Å². The maximum atomic E-state index is 6.13. The van der Waals surface area contributed by atoms with Crippen LogP contribution in [-0.4, -0.2) is 11.5 Å². The number of anilines is 1. The summed E-state index contributed by atoms with van der Waals surface area (Å²) in [5.41, 5.74) is 8.33. The first-order chi connectivity index (χ1) is 8.75. The minimum Gasteiger partial charge on any atom is -0.370 e. The van der Waals surface area contributed by atoms with Gasteiger partial charge in [0.05, 0.1) is 0 Å². The van der Waals surface area contributed by atoms with Crippen LogP contribution in [0.4, 0.5) is 5.82 Å². The fourth-order valence-electron chi connectivity index (χ4n) is 1.86. The van der Waals surface area contributed by atoms with Crippen LogP contribution in [0.3, 0.4) is 0 Å². The Morgan fingerprint density at radius 2 is 1.89 bits per heavy atom. The van der Waals surface area contributed by atoms with Crippen molar-refractivity contribution in [2.75, 3.05) is 11.9 Å². The Morgan fingerprint density at radius 1 is 1.11 bits per heavy atom. The minimum absolute atomic E-state index is 0.0727. The number of benzene rings is 1. The molecule has 1 atom stereocenters. The topological polar surface area (TPSA) is 50.9 Å². The summed E-state index contributed by atoms with van der Waals surface area (Å²) >= 11 is 0. The first-order valence-electron chi connectivity index (χ1n) is 6.24. The van der Waals surface area contributed by atoms with Crippen LogP contribution in [0.1, 0.15) is 23.7 Å². The first-order valence-corrected chi connectivity index (χ1v) is 6.24. The van der Waals surface area contributed by atoms with Gasteiger partial charge in [-0.25, -0.2) is 4.98 Å². The zero-order valence-electron chi connectivity index (χ0n) is 10.6. The standard InChI is InChI=1S/C15H19N3/c1-12-6-5-9-15(18-12)17-11-10-14(16)13-7-3-2-4-8-13/h2-9,14H,10-11,16H2,1H3,(H,17,18). The molecular formula is C15H19N3. The van der Waals surface area contributed by atoms with Crippen molar-refractivity contribution in [3.63, 3.8) is 0 Å². The van der Waals surface area contributed by atoms with Crippen LogP contribution in [0.2, 0.25) is 0 Å². The number of aryl methyl sites for hydroxylation is 1. The quantitative estimate of drug-likeness (QED) is 0.846. The number of nitrogens with one attached hydrogen (secondary N) is 1. The largest absolute Gasteiger partial charge is 0.370 e. The highest BCUT2D eigenvalue weighted by molar-refractivity contribution is 5.35. The van der Waals surface area contributed by atoms with E-state index < -0.39 is 0 Å². The predicted octanol–water partition coefficient (Wildman–Crippen LogP) is 2.89. The molecule has 94 valence electrons. The Balaban J connectivity index is 1.82. The van der Waals surface area contributed by atoms with Gasteiger partial charge in [-0.1, -0.05) is 36.4 Å². The van der Waals surface area contributed by atoms with Crippen molar-refractivity contribution in [2.24, 2.45) is 5.73 Å². The summed E-state index contributed by atoms with van der Waals surface area (Å²) in [5.74, 6) is 0.912. The molecule has 2 rings (SSSR count). The van der Waals surface area contributed by atoms with Crippen LogP contribution in [0.25, 0.3) is 0 Å². The Bertz CT molecular complexity index is 482. The third-order valence-corrected chi connectivity index (χ3v) is 2.88. The SMILES string of the molecule is Cc1cccc(NCCC(N)c2ccccc2)n1. The molecule has 3 heteroatoms. The fourth-order valence-corrected chi connectivity index (χ4v) is 1.86. The van der Waals surface area contributed by atoms with E-state index in [4.69, 9.17) is 5.73 Å². The molecule has 1 aromatic carbocycles. The van der Waals surface area contributed by atoms with E-state index in [-0.39, 0.29) is 6.04 Å². The molecule has 0 aliphatic heterocycles. The summed E-state index contributed by atoms with van der Waals surface area (Å²) in [5, 5.41) is 3.30. The van der Waals surface area contributed by atoms with Crippen LogP contribution >= 0.6 is 0 Å². The number of aromatic nitrogens is 1. The highest BCUT2D eigenvalue weighted by Gasteiger charge is 2.04. The Kier molecular flexibility index (Phi) is 4.31. The number of nitrogens with zero attached hydrogens (tertiary/aromatic N) is 1. The summed E-state index contributed by atoms with van der Waals surface area (Å²) in [7, 11) is 0. The van der Waals surface area contributed by atoms with Gasteiger partial charge in [0.25, 0.3) is 0 Å². The van der Waals surface area contributed by atoms with Gasteiger partial charge in [-0.15, -0.1) is 0 Å². The van der Waals surface area contributed by atoms with Crippen LogP contribution in [-0.2, 0) is 0 Å². The molecule has 0 fully saturated rings. The summed E-state index contributed by atoms with van der Waals surface area (Å²) < 4.78 is 0. The van der Waals surface area contributed by atoms with Gasteiger partial charge in [-0.05, 0) is 31.0 Å². The molecule has 1 aromatic heterocycles. The molecule has 0 bridgehead atoms. The third kappa shape index (κ3) is 3.57. The van der Waals surface area contributed by atoms with Gasteiger partial charge in [-0.3, -0.25) is 0 Å². The monoisotopic (exact) mass is 241 g/mol. The van der Waals surface area contributed by atoms with Crippen molar-refractivity contribution in [3.8, 4) is 0 Å². The lowest BCUT2D eigenvalue weighted by Crippen LogP contribution is -2.15. The Labute approximate surface area is 108 Å². The lowest BCUT2D eigenvalue weighted by atomic mass is 10.1. The van der Waals surface area contributed by atoms with E-state index in [9.17, 15) is 0 Å². The van der Waals surface area contributed by atoms with Crippen molar-refractivity contribution in [3.05, 3.63) is 59.8 Å². The van der Waals surface area contributed by atoms with Gasteiger partial charge in [0.15, 0.2) is 0 Å². The molecule has 0 saturated carbocycles. The van der Waals surface area contributed by atoms with Gasteiger partial charge >= 0.3 is 0 Å². The van der Waals surface area contributed by atoms with Crippen molar-refractivity contribution in [1.29, 1.82) is 0 Å². The lowest BCUT2D eigenvalue weighted by molar-refractivity contribution is 0.674. The first kappa shape index (κ1) is 12.6. The molecule has 3 N–H and O–H groups in total. The van der Waals surface area contributed by atoms with Crippen LogP contribution in [0.5, 0.6) is 0 Å². The average Bonchev–Trinajstić information content (AvgIpc) is 2.40. The van der Waals surface area contributed by atoms with Crippen LogP contribution in [0.15, 0.2) is 48.5 Å². The molecule has 0 aliphatic carbocycles. The smallest absolute Gasteiger partial charge is 0.126 e. The molecule has 0 aliphatic rings. The summed E-state index contributed by atoms with van der Waals surface area (Å²) in [4.78, 5) is 4.39. The van der Waals surface area contributed by atoms with Crippen molar-refractivity contribution in [2.45, 2.75) is 19.4 Å². The number of pyridine rings is 1. The molecule has 0 saturated heterocycles. The molecule has 0 radical (unpaired) electrons. The van der Waals surface area contributed by atoms with Crippen LogP contribution in [0, 0.1) is 6.92 Å². The maximum absolute atomic E-state index is 6.13. The number of nitrogens with two attached hydrogens (primary N) is 1. The normalized spacial score (nSPS) is 12.1. The number of rotatable bonds is 5. The van der Waals surface area contributed by atoms with Gasteiger partial charge in [0, 0.05) is 18.3 Å². The second-order valence-electron chi connectivity index (χ2n) is 4.40. The Hall–Kier alpha value is -1.87. The second-order valence-corrected chi connectivity index (χ2v) is 4.40.